The Labute approximate surface area is 213 Å². The minimum Gasteiger partial charge on any atom is -0.352 e. The van der Waals surface area contributed by atoms with Crippen molar-refractivity contribution in [1.29, 1.82) is 0 Å². The lowest BCUT2D eigenvalue weighted by atomic mass is 10.0. The van der Waals surface area contributed by atoms with E-state index < -0.39 is 5.91 Å². The molecular formula is C29H25N3O3S. The molecule has 1 aliphatic rings. The summed E-state index contributed by atoms with van der Waals surface area (Å²) in [6.45, 7) is 6.22. The summed E-state index contributed by atoms with van der Waals surface area (Å²) in [6.07, 6.45) is 0.672. The molecule has 0 bridgehead atoms. The molecule has 0 aliphatic carbocycles. The Balaban J connectivity index is 1.25. The Morgan fingerprint density at radius 2 is 1.67 bits per heavy atom. The van der Waals surface area contributed by atoms with Crippen LogP contribution in [0.2, 0.25) is 0 Å². The van der Waals surface area contributed by atoms with Crippen molar-refractivity contribution in [3.05, 3.63) is 104 Å². The van der Waals surface area contributed by atoms with E-state index in [-0.39, 0.29) is 17.4 Å². The van der Waals surface area contributed by atoms with Crippen molar-refractivity contribution in [2.75, 3.05) is 11.4 Å². The summed E-state index contributed by atoms with van der Waals surface area (Å²) >= 11 is 1.62. The molecule has 5 rings (SSSR count). The Morgan fingerprint density at radius 1 is 0.917 bits per heavy atom. The molecule has 0 radical (unpaired) electrons. The zero-order chi connectivity index (χ0) is 25.4. The van der Waals surface area contributed by atoms with E-state index in [1.54, 1.807) is 23.5 Å². The number of thiazole rings is 1. The van der Waals surface area contributed by atoms with E-state index in [1.165, 1.54) is 11.0 Å². The Kier molecular flexibility index (Phi) is 6.24. The molecule has 36 heavy (non-hydrogen) atoms. The van der Waals surface area contributed by atoms with Crippen LogP contribution in [0.1, 0.15) is 52.8 Å². The van der Waals surface area contributed by atoms with E-state index in [2.05, 4.69) is 10.3 Å². The van der Waals surface area contributed by atoms with Crippen LogP contribution in [0.5, 0.6) is 0 Å². The number of aromatic nitrogens is 1. The molecule has 0 saturated heterocycles. The molecule has 0 saturated carbocycles. The van der Waals surface area contributed by atoms with Crippen LogP contribution in [0.25, 0.3) is 11.3 Å². The summed E-state index contributed by atoms with van der Waals surface area (Å²) in [6, 6.07) is 18.5. The van der Waals surface area contributed by atoms with Gasteiger partial charge < -0.3 is 5.32 Å². The first-order chi connectivity index (χ1) is 17.3. The molecule has 7 heteroatoms. The Morgan fingerprint density at radius 3 is 2.39 bits per heavy atom. The fourth-order valence-electron chi connectivity index (χ4n) is 4.32. The van der Waals surface area contributed by atoms with Gasteiger partial charge in [0.15, 0.2) is 0 Å². The maximum Gasteiger partial charge on any atom is 0.266 e. The number of rotatable bonds is 6. The van der Waals surface area contributed by atoms with Crippen molar-refractivity contribution in [1.82, 2.24) is 10.3 Å². The maximum absolute atomic E-state index is 13.1. The first kappa shape index (κ1) is 23.6. The second-order valence-electron chi connectivity index (χ2n) is 8.95. The highest BCUT2D eigenvalue weighted by Gasteiger charge is 2.37. The van der Waals surface area contributed by atoms with Gasteiger partial charge in [0.05, 0.1) is 27.5 Å². The lowest BCUT2D eigenvalue weighted by molar-refractivity contribution is 0.0923. The quantitative estimate of drug-likeness (QED) is 0.358. The van der Waals surface area contributed by atoms with E-state index >= 15 is 0 Å². The molecule has 1 N–H and O–H groups in total. The van der Waals surface area contributed by atoms with Crippen molar-refractivity contribution in [2.45, 2.75) is 27.2 Å². The summed E-state index contributed by atoms with van der Waals surface area (Å²) in [7, 11) is 0. The molecule has 6 nitrogen and oxygen atoms in total. The molecule has 2 heterocycles. The summed E-state index contributed by atoms with van der Waals surface area (Å²) in [5.41, 5.74) is 6.43. The van der Waals surface area contributed by atoms with E-state index in [4.69, 9.17) is 0 Å². The minimum absolute atomic E-state index is 0.251. The molecule has 0 atom stereocenters. The zero-order valence-electron chi connectivity index (χ0n) is 20.3. The SMILES string of the molecule is Cc1ccc(C)c(N2C(=O)c3ccc(C(=O)NCCc4ccc(-c5csc(C)n5)cc4)cc3C2=O)c1. The smallest absolute Gasteiger partial charge is 0.266 e. The number of imide groups is 1. The number of fused-ring (bicyclic) bond motifs is 1. The Hall–Kier alpha value is -4.10. The number of carbonyl (C=O) groups is 3. The van der Waals surface area contributed by atoms with Crippen molar-refractivity contribution in [3.8, 4) is 11.3 Å². The molecule has 4 aromatic rings. The third kappa shape index (κ3) is 4.45. The number of aryl methyl sites for hydroxylation is 3. The van der Waals surface area contributed by atoms with Crippen LogP contribution in [0.15, 0.2) is 66.0 Å². The number of nitrogens with one attached hydrogen (secondary N) is 1. The zero-order valence-corrected chi connectivity index (χ0v) is 21.1. The van der Waals surface area contributed by atoms with Crippen LogP contribution in [0.3, 0.4) is 0 Å². The van der Waals surface area contributed by atoms with Gasteiger partial charge in [0.1, 0.15) is 0 Å². The fourth-order valence-corrected chi connectivity index (χ4v) is 4.94. The minimum atomic E-state index is -0.409. The highest BCUT2D eigenvalue weighted by atomic mass is 32.1. The first-order valence-electron chi connectivity index (χ1n) is 11.7. The lowest BCUT2D eigenvalue weighted by Gasteiger charge is -2.17. The highest BCUT2D eigenvalue weighted by Crippen LogP contribution is 2.32. The van der Waals surface area contributed by atoms with Gasteiger partial charge >= 0.3 is 0 Å². The molecule has 0 spiro atoms. The molecule has 3 aromatic carbocycles. The van der Waals surface area contributed by atoms with Crippen LogP contribution in [-0.2, 0) is 6.42 Å². The van der Waals surface area contributed by atoms with E-state index in [9.17, 15) is 14.4 Å². The second kappa shape index (κ2) is 9.51. The van der Waals surface area contributed by atoms with Gasteiger partial charge in [-0.1, -0.05) is 36.4 Å². The molecule has 0 unspecified atom stereocenters. The summed E-state index contributed by atoms with van der Waals surface area (Å²) in [4.78, 5) is 44.6. The maximum atomic E-state index is 13.1. The summed E-state index contributed by atoms with van der Waals surface area (Å²) < 4.78 is 0. The average Bonchev–Trinajstić information content (AvgIpc) is 3.41. The van der Waals surface area contributed by atoms with Crippen molar-refractivity contribution >= 4 is 34.7 Å². The summed E-state index contributed by atoms with van der Waals surface area (Å²) in [5, 5.41) is 5.99. The van der Waals surface area contributed by atoms with Crippen LogP contribution in [-0.4, -0.2) is 29.3 Å². The van der Waals surface area contributed by atoms with Gasteiger partial charge in [-0.25, -0.2) is 9.88 Å². The van der Waals surface area contributed by atoms with Gasteiger partial charge in [0.2, 0.25) is 0 Å². The molecular weight excluding hydrogens is 470 g/mol. The van der Waals surface area contributed by atoms with Crippen molar-refractivity contribution in [2.24, 2.45) is 0 Å². The topological polar surface area (TPSA) is 79.4 Å². The number of amides is 3. The average molecular weight is 496 g/mol. The number of hydrogen-bond donors (Lipinski definition) is 1. The van der Waals surface area contributed by atoms with Gasteiger partial charge in [0.25, 0.3) is 17.7 Å². The number of benzene rings is 3. The third-order valence-electron chi connectivity index (χ3n) is 6.32. The number of nitrogens with zero attached hydrogens (tertiary/aromatic N) is 2. The third-order valence-corrected chi connectivity index (χ3v) is 7.10. The molecule has 1 aromatic heterocycles. The van der Waals surface area contributed by atoms with Crippen LogP contribution in [0.4, 0.5) is 5.69 Å². The lowest BCUT2D eigenvalue weighted by Crippen LogP contribution is -2.30. The molecule has 0 fully saturated rings. The van der Waals surface area contributed by atoms with Crippen molar-refractivity contribution < 1.29 is 14.4 Å². The van der Waals surface area contributed by atoms with Gasteiger partial charge in [-0.05, 0) is 68.1 Å². The van der Waals surface area contributed by atoms with Gasteiger partial charge in [0, 0.05) is 23.1 Å². The van der Waals surface area contributed by atoms with Gasteiger partial charge in [-0.2, -0.15) is 0 Å². The van der Waals surface area contributed by atoms with Crippen LogP contribution in [0, 0.1) is 20.8 Å². The largest absolute Gasteiger partial charge is 0.352 e. The van der Waals surface area contributed by atoms with E-state index in [0.29, 0.717) is 29.8 Å². The molecule has 3 amide bonds. The Bertz CT molecular complexity index is 1500. The fraction of sp³-hybridized carbons (Fsp3) is 0.172. The van der Waals surface area contributed by atoms with Gasteiger partial charge in [-0.3, -0.25) is 14.4 Å². The van der Waals surface area contributed by atoms with Crippen molar-refractivity contribution in [3.63, 3.8) is 0 Å². The molecule has 1 aliphatic heterocycles. The van der Waals surface area contributed by atoms with E-state index in [0.717, 1.165) is 33.0 Å². The number of hydrogen-bond acceptors (Lipinski definition) is 5. The highest BCUT2D eigenvalue weighted by molar-refractivity contribution is 7.09. The summed E-state index contributed by atoms with van der Waals surface area (Å²) in [5.74, 6) is -1.06. The predicted octanol–water partition coefficient (Wildman–Crippen LogP) is 5.51. The number of carbonyl (C=O) groups excluding carboxylic acids is 3. The standard InChI is InChI=1S/C29H25N3O3S/c1-17-4-5-18(2)26(14-17)32-28(34)23-11-10-22(15-24(23)29(32)35)27(33)30-13-12-20-6-8-21(9-7-20)25-16-36-19(3)31-25/h4-11,14-16H,12-13H2,1-3H3,(H,30,33). The second-order valence-corrected chi connectivity index (χ2v) is 10.0. The predicted molar refractivity (Wildman–Crippen MR) is 142 cm³/mol. The molecule has 180 valence electrons. The van der Waals surface area contributed by atoms with E-state index in [1.807, 2.05) is 68.6 Å². The monoisotopic (exact) mass is 495 g/mol. The van der Waals surface area contributed by atoms with Crippen LogP contribution >= 0.6 is 11.3 Å². The first-order valence-corrected chi connectivity index (χ1v) is 12.6. The number of anilines is 1. The van der Waals surface area contributed by atoms with Crippen LogP contribution < -0.4 is 10.2 Å². The normalized spacial score (nSPS) is 12.7. The van der Waals surface area contributed by atoms with Gasteiger partial charge in [-0.15, -0.1) is 11.3 Å².